The quantitative estimate of drug-likeness (QED) is 0.842. The smallest absolute Gasteiger partial charge is 0.171 e. The van der Waals surface area contributed by atoms with Gasteiger partial charge in [0.25, 0.3) is 0 Å². The zero-order chi connectivity index (χ0) is 12.1. The number of halogens is 2. The third-order valence-corrected chi connectivity index (χ3v) is 2.25. The summed E-state index contributed by atoms with van der Waals surface area (Å²) in [6.45, 7) is -0.127. The van der Waals surface area contributed by atoms with E-state index in [9.17, 15) is 8.78 Å². The molecule has 1 aromatic rings. The van der Waals surface area contributed by atoms with Gasteiger partial charge in [0.1, 0.15) is 0 Å². The fraction of sp³-hybridized carbons (Fsp3) is 0.455. The first-order valence-corrected chi connectivity index (χ1v) is 4.85. The largest absolute Gasteiger partial charge is 0.494 e. The Balaban J connectivity index is 3.20. The molecule has 3 nitrogen and oxygen atoms in total. The van der Waals surface area contributed by atoms with Crippen molar-refractivity contribution in [2.75, 3.05) is 20.8 Å². The van der Waals surface area contributed by atoms with Crippen LogP contribution in [0.3, 0.4) is 0 Å². The molecule has 0 aliphatic rings. The molecule has 0 heterocycles. The summed E-state index contributed by atoms with van der Waals surface area (Å²) in [7, 11) is 2.59. The summed E-state index contributed by atoms with van der Waals surface area (Å²) in [6.07, 6.45) is 0.381. The SMILES string of the molecule is COc1cc(OC)c(F)c(CCCO)c1F. The molecule has 1 rings (SSSR count). The minimum atomic E-state index is -0.741. The second-order valence-corrected chi connectivity index (χ2v) is 3.21. The van der Waals surface area contributed by atoms with Crippen LogP contribution in [-0.4, -0.2) is 25.9 Å². The average Bonchev–Trinajstić information content (AvgIpc) is 2.29. The van der Waals surface area contributed by atoms with Crippen LogP contribution in [0.2, 0.25) is 0 Å². The van der Waals surface area contributed by atoms with Gasteiger partial charge < -0.3 is 14.6 Å². The molecule has 0 aliphatic carbocycles. The third kappa shape index (κ3) is 2.41. The molecule has 0 spiro atoms. The number of methoxy groups -OCH3 is 2. The van der Waals surface area contributed by atoms with Crippen LogP contribution in [0.4, 0.5) is 8.78 Å². The Morgan fingerprint density at radius 2 is 1.62 bits per heavy atom. The zero-order valence-electron chi connectivity index (χ0n) is 9.22. The number of rotatable bonds is 5. The summed E-state index contributed by atoms with van der Waals surface area (Å²) in [5.74, 6) is -1.61. The number of hydrogen-bond donors (Lipinski definition) is 1. The zero-order valence-corrected chi connectivity index (χ0v) is 9.22. The molecule has 0 aliphatic heterocycles. The van der Waals surface area contributed by atoms with E-state index in [1.807, 2.05) is 0 Å². The normalized spacial score (nSPS) is 10.3. The van der Waals surface area contributed by atoms with Crippen LogP contribution in [0.1, 0.15) is 12.0 Å². The number of ether oxygens (including phenoxy) is 2. The Morgan fingerprint density at radius 1 is 1.12 bits per heavy atom. The van der Waals surface area contributed by atoms with Crippen molar-refractivity contribution in [2.24, 2.45) is 0 Å². The number of hydrogen-bond acceptors (Lipinski definition) is 3. The Labute approximate surface area is 92.6 Å². The molecule has 0 saturated heterocycles. The molecule has 0 atom stereocenters. The Hall–Kier alpha value is -1.36. The first-order valence-electron chi connectivity index (χ1n) is 4.85. The highest BCUT2D eigenvalue weighted by molar-refractivity contribution is 5.41. The second kappa shape index (κ2) is 5.65. The minimum Gasteiger partial charge on any atom is -0.494 e. The van der Waals surface area contributed by atoms with Crippen LogP contribution < -0.4 is 9.47 Å². The Kier molecular flexibility index (Phi) is 4.49. The van der Waals surface area contributed by atoms with Gasteiger partial charge in [-0.2, -0.15) is 0 Å². The summed E-state index contributed by atoms with van der Waals surface area (Å²) >= 11 is 0. The Morgan fingerprint density at radius 3 is 2.00 bits per heavy atom. The molecule has 0 bridgehead atoms. The lowest BCUT2D eigenvalue weighted by atomic mass is 10.1. The van der Waals surface area contributed by atoms with Crippen LogP contribution in [0.25, 0.3) is 0 Å². The molecule has 0 aromatic heterocycles. The van der Waals surface area contributed by atoms with Gasteiger partial charge in [0.2, 0.25) is 0 Å². The van der Waals surface area contributed by atoms with Gasteiger partial charge in [0.15, 0.2) is 23.1 Å². The molecule has 0 unspecified atom stereocenters. The van der Waals surface area contributed by atoms with Gasteiger partial charge in [0, 0.05) is 18.2 Å². The summed E-state index contributed by atoms with van der Waals surface area (Å²) in [4.78, 5) is 0. The molecule has 0 fully saturated rings. The molecule has 0 saturated carbocycles. The maximum Gasteiger partial charge on any atom is 0.171 e. The fourth-order valence-electron chi connectivity index (χ4n) is 1.41. The highest BCUT2D eigenvalue weighted by Gasteiger charge is 2.19. The van der Waals surface area contributed by atoms with Crippen molar-refractivity contribution in [1.82, 2.24) is 0 Å². The third-order valence-electron chi connectivity index (χ3n) is 2.25. The van der Waals surface area contributed by atoms with Crippen molar-refractivity contribution < 1.29 is 23.4 Å². The standard InChI is InChI=1S/C11H14F2O3/c1-15-8-6-9(16-2)11(13)7(10(8)12)4-3-5-14/h6,14H,3-5H2,1-2H3. The average molecular weight is 232 g/mol. The lowest BCUT2D eigenvalue weighted by molar-refractivity contribution is 0.286. The van der Waals surface area contributed by atoms with Gasteiger partial charge in [-0.1, -0.05) is 0 Å². The van der Waals surface area contributed by atoms with Gasteiger partial charge in [-0.25, -0.2) is 8.78 Å². The molecule has 90 valence electrons. The van der Waals surface area contributed by atoms with Crippen molar-refractivity contribution in [3.63, 3.8) is 0 Å². The number of benzene rings is 1. The van der Waals surface area contributed by atoms with Gasteiger partial charge in [-0.05, 0) is 12.8 Å². The predicted octanol–water partition coefficient (Wildman–Crippen LogP) is 1.91. The molecule has 16 heavy (non-hydrogen) atoms. The van der Waals surface area contributed by atoms with Crippen LogP contribution >= 0.6 is 0 Å². The van der Waals surface area contributed by atoms with E-state index in [1.165, 1.54) is 14.2 Å². The highest BCUT2D eigenvalue weighted by Crippen LogP contribution is 2.31. The van der Waals surface area contributed by atoms with Crippen molar-refractivity contribution in [3.05, 3.63) is 23.3 Å². The van der Waals surface area contributed by atoms with Crippen LogP contribution in [0.15, 0.2) is 6.07 Å². The lowest BCUT2D eigenvalue weighted by Crippen LogP contribution is -2.03. The summed E-state index contributed by atoms with van der Waals surface area (Å²) in [5.41, 5.74) is -0.120. The first kappa shape index (κ1) is 12.7. The van der Waals surface area contributed by atoms with E-state index in [0.29, 0.717) is 0 Å². The van der Waals surface area contributed by atoms with E-state index in [0.717, 1.165) is 6.07 Å². The maximum atomic E-state index is 13.7. The fourth-order valence-corrected chi connectivity index (χ4v) is 1.41. The maximum absolute atomic E-state index is 13.7. The van der Waals surface area contributed by atoms with E-state index in [4.69, 9.17) is 14.6 Å². The van der Waals surface area contributed by atoms with Gasteiger partial charge >= 0.3 is 0 Å². The highest BCUT2D eigenvalue weighted by atomic mass is 19.1. The summed E-state index contributed by atoms with van der Waals surface area (Å²) in [5, 5.41) is 8.65. The molecule has 0 radical (unpaired) electrons. The topological polar surface area (TPSA) is 38.7 Å². The van der Waals surface area contributed by atoms with Gasteiger partial charge in [0.05, 0.1) is 14.2 Å². The lowest BCUT2D eigenvalue weighted by Gasteiger charge is -2.11. The van der Waals surface area contributed by atoms with Crippen molar-refractivity contribution >= 4 is 0 Å². The second-order valence-electron chi connectivity index (χ2n) is 3.21. The van der Waals surface area contributed by atoms with E-state index in [1.54, 1.807) is 0 Å². The molecule has 1 N–H and O–H groups in total. The monoisotopic (exact) mass is 232 g/mol. The molecular formula is C11H14F2O3. The number of aliphatic hydroxyl groups excluding tert-OH is 1. The van der Waals surface area contributed by atoms with Gasteiger partial charge in [-0.15, -0.1) is 0 Å². The van der Waals surface area contributed by atoms with E-state index in [-0.39, 0.29) is 36.5 Å². The van der Waals surface area contributed by atoms with Crippen LogP contribution in [0, 0.1) is 11.6 Å². The van der Waals surface area contributed by atoms with E-state index in [2.05, 4.69) is 0 Å². The molecular weight excluding hydrogens is 218 g/mol. The molecule has 1 aromatic carbocycles. The van der Waals surface area contributed by atoms with Crippen LogP contribution in [-0.2, 0) is 6.42 Å². The Bertz CT molecular complexity index is 338. The summed E-state index contributed by atoms with van der Waals surface area (Å²) < 4.78 is 36.9. The predicted molar refractivity (Wildman–Crippen MR) is 54.9 cm³/mol. The first-order chi connectivity index (χ1) is 7.65. The van der Waals surface area contributed by atoms with E-state index >= 15 is 0 Å². The van der Waals surface area contributed by atoms with Crippen LogP contribution in [0.5, 0.6) is 11.5 Å². The minimum absolute atomic E-state index is 0.0637. The van der Waals surface area contributed by atoms with E-state index < -0.39 is 11.6 Å². The molecule has 0 amide bonds. The van der Waals surface area contributed by atoms with Gasteiger partial charge in [-0.3, -0.25) is 0 Å². The summed E-state index contributed by atoms with van der Waals surface area (Å²) in [6, 6.07) is 1.16. The number of aliphatic hydroxyl groups is 1. The van der Waals surface area contributed by atoms with Crippen molar-refractivity contribution in [1.29, 1.82) is 0 Å². The molecule has 5 heteroatoms. The van der Waals surface area contributed by atoms with Crippen molar-refractivity contribution in [2.45, 2.75) is 12.8 Å². The van der Waals surface area contributed by atoms with Crippen molar-refractivity contribution in [3.8, 4) is 11.5 Å².